The van der Waals surface area contributed by atoms with Crippen LogP contribution in [0.4, 0.5) is 0 Å². The second kappa shape index (κ2) is 2.09. The molecule has 1 heteroatoms. The fourth-order valence-electron chi connectivity index (χ4n) is 1.69. The van der Waals surface area contributed by atoms with E-state index in [1.54, 1.807) is 0 Å². The van der Waals surface area contributed by atoms with Crippen LogP contribution in [0.3, 0.4) is 0 Å². The Morgan fingerprint density at radius 3 is 3.30 bits per heavy atom. The molecule has 10 heavy (non-hydrogen) atoms. The minimum Gasteiger partial charge on any atom is -0.366 e. The van der Waals surface area contributed by atoms with Crippen LogP contribution in [0.5, 0.6) is 0 Å². The number of hydrogen-bond acceptors (Lipinski definition) is 1. The van der Waals surface area contributed by atoms with E-state index in [1.165, 1.54) is 19.3 Å². The fraction of sp³-hybridized carbons (Fsp3) is 0.778. The van der Waals surface area contributed by atoms with Crippen molar-refractivity contribution in [2.75, 3.05) is 0 Å². The van der Waals surface area contributed by atoms with Gasteiger partial charge in [-0.3, -0.25) is 0 Å². The summed E-state index contributed by atoms with van der Waals surface area (Å²) < 4.78 is 5.57. The topological polar surface area (TPSA) is 12.5 Å². The highest BCUT2D eigenvalue weighted by atomic mass is 16.6. The minimum absolute atomic E-state index is 0.233. The van der Waals surface area contributed by atoms with Crippen molar-refractivity contribution in [3.05, 3.63) is 12.2 Å². The van der Waals surface area contributed by atoms with Gasteiger partial charge in [-0.2, -0.15) is 0 Å². The summed E-state index contributed by atoms with van der Waals surface area (Å²) in [6.07, 6.45) is 10.1. The molecule has 0 radical (unpaired) electrons. The Morgan fingerprint density at radius 2 is 2.40 bits per heavy atom. The average Bonchev–Trinajstić information content (AvgIpc) is 2.44. The van der Waals surface area contributed by atoms with E-state index in [2.05, 4.69) is 19.1 Å². The second-order valence-corrected chi connectivity index (χ2v) is 3.53. The molecule has 0 bridgehead atoms. The third-order valence-electron chi connectivity index (χ3n) is 2.56. The zero-order valence-electron chi connectivity index (χ0n) is 6.47. The van der Waals surface area contributed by atoms with Crippen LogP contribution >= 0.6 is 0 Å². The summed E-state index contributed by atoms with van der Waals surface area (Å²) in [5.74, 6) is 0. The highest BCUT2D eigenvalue weighted by Crippen LogP contribution is 2.43. The number of hydrogen-bond donors (Lipinski definition) is 0. The highest BCUT2D eigenvalue weighted by Gasteiger charge is 2.50. The molecular weight excluding hydrogens is 124 g/mol. The Morgan fingerprint density at radius 1 is 1.50 bits per heavy atom. The molecule has 0 aromatic carbocycles. The van der Waals surface area contributed by atoms with E-state index in [9.17, 15) is 0 Å². The van der Waals surface area contributed by atoms with Crippen molar-refractivity contribution in [2.45, 2.75) is 44.3 Å². The molecule has 0 saturated carbocycles. The van der Waals surface area contributed by atoms with Gasteiger partial charge in [0.2, 0.25) is 0 Å². The van der Waals surface area contributed by atoms with Gasteiger partial charge in [-0.1, -0.05) is 12.2 Å². The standard InChI is InChI=1S/C9H14O/c1-9-7-5-3-2-4-6-8(9)10-9/h3,5,8H,2,4,6-7H2,1H3/b5-3-. The normalized spacial score (nSPS) is 48.7. The smallest absolute Gasteiger partial charge is 0.0954 e. The summed E-state index contributed by atoms with van der Waals surface area (Å²) in [7, 11) is 0. The first-order valence-electron chi connectivity index (χ1n) is 4.14. The highest BCUT2D eigenvalue weighted by molar-refractivity contribution is 5.06. The van der Waals surface area contributed by atoms with Gasteiger partial charge in [0.05, 0.1) is 11.7 Å². The average molecular weight is 138 g/mol. The molecule has 1 saturated heterocycles. The maximum Gasteiger partial charge on any atom is 0.0954 e. The Balaban J connectivity index is 2.03. The van der Waals surface area contributed by atoms with Gasteiger partial charge in [-0.25, -0.2) is 0 Å². The number of rotatable bonds is 0. The van der Waals surface area contributed by atoms with Gasteiger partial charge in [-0.15, -0.1) is 0 Å². The Kier molecular flexibility index (Phi) is 1.34. The molecule has 1 nitrogen and oxygen atoms in total. The Bertz CT molecular complexity index is 162. The summed E-state index contributed by atoms with van der Waals surface area (Å²) in [5, 5.41) is 0. The van der Waals surface area contributed by atoms with E-state index >= 15 is 0 Å². The van der Waals surface area contributed by atoms with Crippen molar-refractivity contribution in [1.82, 2.24) is 0 Å². The lowest BCUT2D eigenvalue weighted by Crippen LogP contribution is -2.09. The molecule has 56 valence electrons. The third-order valence-corrected chi connectivity index (χ3v) is 2.56. The molecule has 0 N–H and O–H groups in total. The molecule has 0 aromatic rings. The molecular formula is C9H14O. The van der Waals surface area contributed by atoms with Gasteiger partial charge < -0.3 is 4.74 Å². The van der Waals surface area contributed by atoms with Crippen molar-refractivity contribution >= 4 is 0 Å². The van der Waals surface area contributed by atoms with Gasteiger partial charge in [0.1, 0.15) is 0 Å². The molecule has 2 rings (SSSR count). The molecule has 0 spiro atoms. The van der Waals surface area contributed by atoms with Crippen LogP contribution in [0, 0.1) is 0 Å². The van der Waals surface area contributed by atoms with E-state index in [1.807, 2.05) is 0 Å². The van der Waals surface area contributed by atoms with Gasteiger partial charge in [0.15, 0.2) is 0 Å². The van der Waals surface area contributed by atoms with Crippen molar-refractivity contribution in [1.29, 1.82) is 0 Å². The van der Waals surface area contributed by atoms with E-state index in [-0.39, 0.29) is 5.60 Å². The number of fused-ring (bicyclic) bond motifs is 1. The molecule has 1 fully saturated rings. The Hall–Kier alpha value is -0.300. The van der Waals surface area contributed by atoms with E-state index in [0.717, 1.165) is 6.42 Å². The van der Waals surface area contributed by atoms with Crippen LogP contribution in [0.25, 0.3) is 0 Å². The molecule has 1 heterocycles. The molecule has 0 amide bonds. The molecule has 2 aliphatic rings. The first-order chi connectivity index (χ1) is 4.81. The predicted octanol–water partition coefficient (Wildman–Crippen LogP) is 2.27. The lowest BCUT2D eigenvalue weighted by molar-refractivity contribution is 0.307. The summed E-state index contributed by atoms with van der Waals surface area (Å²) in [5.41, 5.74) is 0.233. The van der Waals surface area contributed by atoms with Crippen molar-refractivity contribution in [2.24, 2.45) is 0 Å². The second-order valence-electron chi connectivity index (χ2n) is 3.53. The molecule has 2 unspecified atom stereocenters. The third kappa shape index (κ3) is 0.988. The zero-order chi connectivity index (χ0) is 7.03. The van der Waals surface area contributed by atoms with Crippen LogP contribution in [0.1, 0.15) is 32.6 Å². The SMILES string of the molecule is CC12C/C=C\CCCC1O2. The summed E-state index contributed by atoms with van der Waals surface area (Å²) in [6.45, 7) is 2.22. The number of epoxide rings is 1. The molecule has 0 aromatic heterocycles. The maximum atomic E-state index is 5.57. The lowest BCUT2D eigenvalue weighted by atomic mass is 9.97. The predicted molar refractivity (Wildman–Crippen MR) is 40.9 cm³/mol. The first kappa shape index (κ1) is 6.41. The summed E-state index contributed by atoms with van der Waals surface area (Å²) >= 11 is 0. The zero-order valence-corrected chi connectivity index (χ0v) is 6.47. The molecule has 2 atom stereocenters. The van der Waals surface area contributed by atoms with Crippen LogP contribution in [-0.2, 0) is 4.74 Å². The Labute approximate surface area is 62.1 Å². The van der Waals surface area contributed by atoms with Crippen LogP contribution < -0.4 is 0 Å². The largest absolute Gasteiger partial charge is 0.366 e. The van der Waals surface area contributed by atoms with Gasteiger partial charge in [0.25, 0.3) is 0 Å². The summed E-state index contributed by atoms with van der Waals surface area (Å²) in [4.78, 5) is 0. The van der Waals surface area contributed by atoms with E-state index in [4.69, 9.17) is 4.74 Å². The summed E-state index contributed by atoms with van der Waals surface area (Å²) in [6, 6.07) is 0. The van der Waals surface area contributed by atoms with E-state index in [0.29, 0.717) is 6.10 Å². The minimum atomic E-state index is 0.233. The fourth-order valence-corrected chi connectivity index (χ4v) is 1.69. The molecule has 1 aliphatic carbocycles. The van der Waals surface area contributed by atoms with Gasteiger partial charge >= 0.3 is 0 Å². The van der Waals surface area contributed by atoms with E-state index < -0.39 is 0 Å². The van der Waals surface area contributed by atoms with Gasteiger partial charge in [0, 0.05) is 0 Å². The quantitative estimate of drug-likeness (QED) is 0.369. The lowest BCUT2D eigenvalue weighted by Gasteiger charge is -2.04. The number of allylic oxidation sites excluding steroid dienone is 1. The maximum absolute atomic E-state index is 5.57. The van der Waals surface area contributed by atoms with Crippen LogP contribution in [-0.4, -0.2) is 11.7 Å². The number of ether oxygens (including phenoxy) is 1. The monoisotopic (exact) mass is 138 g/mol. The van der Waals surface area contributed by atoms with Crippen LogP contribution in [0.2, 0.25) is 0 Å². The first-order valence-corrected chi connectivity index (χ1v) is 4.14. The van der Waals surface area contributed by atoms with Crippen molar-refractivity contribution in [3.8, 4) is 0 Å². The van der Waals surface area contributed by atoms with Gasteiger partial charge in [-0.05, 0) is 32.6 Å². The van der Waals surface area contributed by atoms with Crippen molar-refractivity contribution in [3.63, 3.8) is 0 Å². The van der Waals surface area contributed by atoms with Crippen LogP contribution in [0.15, 0.2) is 12.2 Å². The molecule has 1 aliphatic heterocycles. The van der Waals surface area contributed by atoms with Crippen molar-refractivity contribution < 1.29 is 4.74 Å².